The van der Waals surface area contributed by atoms with Gasteiger partial charge in [0.1, 0.15) is 12.1 Å². The van der Waals surface area contributed by atoms with E-state index in [9.17, 15) is 9.59 Å². The van der Waals surface area contributed by atoms with E-state index in [0.29, 0.717) is 18.4 Å². The lowest BCUT2D eigenvalue weighted by atomic mass is 9.73. The van der Waals surface area contributed by atoms with Gasteiger partial charge in [-0.25, -0.2) is 0 Å². The summed E-state index contributed by atoms with van der Waals surface area (Å²) in [5.41, 5.74) is 0. The number of rotatable bonds is 3. The van der Waals surface area contributed by atoms with Crippen molar-refractivity contribution in [3.63, 3.8) is 0 Å². The summed E-state index contributed by atoms with van der Waals surface area (Å²) in [7, 11) is 0. The van der Waals surface area contributed by atoms with Crippen LogP contribution in [-0.4, -0.2) is 36.1 Å². The average molecular weight is 223 g/mol. The van der Waals surface area contributed by atoms with Crippen molar-refractivity contribution in [2.75, 3.05) is 13.1 Å². The SMILES string of the molecule is CCCN1CCCC2CC(C=O)C(=O)CC21. The Morgan fingerprint density at radius 2 is 2.31 bits per heavy atom. The van der Waals surface area contributed by atoms with Gasteiger partial charge in [0.2, 0.25) is 0 Å². The predicted octanol–water partition coefficient (Wildman–Crippen LogP) is 1.66. The Labute approximate surface area is 97.2 Å². The minimum Gasteiger partial charge on any atom is -0.303 e. The second kappa shape index (κ2) is 5.09. The Morgan fingerprint density at radius 3 is 3.00 bits per heavy atom. The van der Waals surface area contributed by atoms with Crippen LogP contribution >= 0.6 is 0 Å². The first-order valence-corrected chi connectivity index (χ1v) is 6.48. The molecule has 3 atom stereocenters. The van der Waals surface area contributed by atoms with Crippen molar-refractivity contribution in [3.05, 3.63) is 0 Å². The molecule has 2 aliphatic rings. The standard InChI is InChI=1S/C13H21NO2/c1-2-5-14-6-3-4-10-7-11(9-15)13(16)8-12(10)14/h9-12H,2-8H2,1H3. The molecular formula is C13H21NO2. The number of likely N-dealkylation sites (tertiary alicyclic amines) is 1. The highest BCUT2D eigenvalue weighted by molar-refractivity contribution is 5.94. The van der Waals surface area contributed by atoms with Crippen molar-refractivity contribution < 1.29 is 9.59 Å². The zero-order valence-corrected chi connectivity index (χ0v) is 10.0. The molecule has 3 heteroatoms. The van der Waals surface area contributed by atoms with Crippen LogP contribution in [0.3, 0.4) is 0 Å². The average Bonchev–Trinajstić information content (AvgIpc) is 2.29. The first-order chi connectivity index (χ1) is 7.76. The van der Waals surface area contributed by atoms with Gasteiger partial charge >= 0.3 is 0 Å². The van der Waals surface area contributed by atoms with Gasteiger partial charge in [0.15, 0.2) is 0 Å². The van der Waals surface area contributed by atoms with Crippen molar-refractivity contribution in [2.45, 2.75) is 45.1 Å². The minimum atomic E-state index is -0.303. The Bertz CT molecular complexity index is 275. The van der Waals surface area contributed by atoms with Crippen LogP contribution in [-0.2, 0) is 9.59 Å². The molecule has 16 heavy (non-hydrogen) atoms. The largest absolute Gasteiger partial charge is 0.303 e. The third-order valence-electron chi connectivity index (χ3n) is 4.09. The van der Waals surface area contributed by atoms with E-state index in [4.69, 9.17) is 0 Å². The molecule has 1 saturated carbocycles. The summed E-state index contributed by atoms with van der Waals surface area (Å²) in [4.78, 5) is 25.1. The summed E-state index contributed by atoms with van der Waals surface area (Å²) in [6, 6.07) is 0.428. The first kappa shape index (κ1) is 11.8. The minimum absolute atomic E-state index is 0.166. The molecule has 1 aliphatic heterocycles. The lowest BCUT2D eigenvalue weighted by Gasteiger charge is -2.44. The van der Waals surface area contributed by atoms with Gasteiger partial charge in [-0.3, -0.25) is 9.69 Å². The van der Waals surface area contributed by atoms with E-state index >= 15 is 0 Å². The molecule has 2 fully saturated rings. The number of Topliss-reactive ketones (excluding diaryl/α,β-unsaturated/α-hetero) is 1. The molecule has 3 nitrogen and oxygen atoms in total. The summed E-state index contributed by atoms with van der Waals surface area (Å²) in [6.07, 6.45) is 5.83. The van der Waals surface area contributed by atoms with Gasteiger partial charge in [-0.15, -0.1) is 0 Å². The third kappa shape index (κ3) is 2.19. The zero-order chi connectivity index (χ0) is 11.5. The summed E-state index contributed by atoms with van der Waals surface area (Å²) >= 11 is 0. The van der Waals surface area contributed by atoms with E-state index in [-0.39, 0.29) is 11.7 Å². The van der Waals surface area contributed by atoms with Crippen molar-refractivity contribution >= 4 is 12.1 Å². The number of aldehydes is 1. The molecule has 2 rings (SSSR count). The lowest BCUT2D eigenvalue weighted by molar-refractivity contribution is -0.133. The van der Waals surface area contributed by atoms with E-state index in [0.717, 1.165) is 32.2 Å². The van der Waals surface area contributed by atoms with Gasteiger partial charge in [0, 0.05) is 12.5 Å². The third-order valence-corrected chi connectivity index (χ3v) is 4.09. The van der Waals surface area contributed by atoms with Crippen LogP contribution in [0.15, 0.2) is 0 Å². The molecule has 3 unspecified atom stereocenters. The summed E-state index contributed by atoms with van der Waals surface area (Å²) in [5, 5.41) is 0. The normalized spacial score (nSPS) is 35.8. The monoisotopic (exact) mass is 223 g/mol. The number of carbonyl (C=O) groups is 2. The summed E-state index contributed by atoms with van der Waals surface area (Å²) in [5.74, 6) is 0.440. The van der Waals surface area contributed by atoms with Gasteiger partial charge in [0.25, 0.3) is 0 Å². The number of fused-ring (bicyclic) bond motifs is 1. The Morgan fingerprint density at radius 1 is 1.50 bits per heavy atom. The molecule has 0 N–H and O–H groups in total. The van der Waals surface area contributed by atoms with Crippen molar-refractivity contribution in [1.82, 2.24) is 4.90 Å². The number of ketones is 1. The highest BCUT2D eigenvalue weighted by Gasteiger charge is 2.40. The fourth-order valence-corrected chi connectivity index (χ4v) is 3.30. The van der Waals surface area contributed by atoms with E-state index in [1.54, 1.807) is 0 Å². The number of hydrogen-bond donors (Lipinski definition) is 0. The van der Waals surface area contributed by atoms with Crippen molar-refractivity contribution in [1.29, 1.82) is 0 Å². The van der Waals surface area contributed by atoms with Crippen LogP contribution < -0.4 is 0 Å². The van der Waals surface area contributed by atoms with Crippen LogP contribution in [0, 0.1) is 11.8 Å². The molecule has 0 aromatic heterocycles. The van der Waals surface area contributed by atoms with Crippen LogP contribution in [0.2, 0.25) is 0 Å². The fraction of sp³-hybridized carbons (Fsp3) is 0.846. The molecule has 0 amide bonds. The summed E-state index contributed by atoms with van der Waals surface area (Å²) in [6.45, 7) is 4.41. The van der Waals surface area contributed by atoms with Gasteiger partial charge in [-0.05, 0) is 44.7 Å². The van der Waals surface area contributed by atoms with Crippen LogP contribution in [0.5, 0.6) is 0 Å². The van der Waals surface area contributed by atoms with E-state index in [1.165, 1.54) is 12.8 Å². The van der Waals surface area contributed by atoms with Gasteiger partial charge < -0.3 is 4.79 Å². The second-order valence-corrected chi connectivity index (χ2v) is 5.15. The Kier molecular flexibility index (Phi) is 3.74. The highest BCUT2D eigenvalue weighted by atomic mass is 16.1. The molecule has 1 aliphatic carbocycles. The number of hydrogen-bond acceptors (Lipinski definition) is 3. The molecule has 0 aromatic rings. The molecule has 0 radical (unpaired) electrons. The van der Waals surface area contributed by atoms with Gasteiger partial charge in [-0.2, -0.15) is 0 Å². The zero-order valence-electron chi connectivity index (χ0n) is 10.0. The molecule has 0 bridgehead atoms. The van der Waals surface area contributed by atoms with Crippen molar-refractivity contribution in [2.24, 2.45) is 11.8 Å². The maximum absolute atomic E-state index is 11.8. The lowest BCUT2D eigenvalue weighted by Crippen LogP contribution is -2.51. The van der Waals surface area contributed by atoms with E-state index in [1.807, 2.05) is 0 Å². The second-order valence-electron chi connectivity index (χ2n) is 5.15. The van der Waals surface area contributed by atoms with E-state index < -0.39 is 0 Å². The van der Waals surface area contributed by atoms with Crippen molar-refractivity contribution in [3.8, 4) is 0 Å². The summed E-state index contributed by atoms with van der Waals surface area (Å²) < 4.78 is 0. The van der Waals surface area contributed by atoms with Crippen LogP contribution in [0.25, 0.3) is 0 Å². The van der Waals surface area contributed by atoms with Crippen LogP contribution in [0.4, 0.5) is 0 Å². The predicted molar refractivity (Wildman–Crippen MR) is 62.2 cm³/mol. The smallest absolute Gasteiger partial charge is 0.144 e. The number of nitrogens with zero attached hydrogens (tertiary/aromatic N) is 1. The Hall–Kier alpha value is -0.700. The highest BCUT2D eigenvalue weighted by Crippen LogP contribution is 2.35. The van der Waals surface area contributed by atoms with E-state index in [2.05, 4.69) is 11.8 Å². The maximum Gasteiger partial charge on any atom is 0.144 e. The molecule has 1 heterocycles. The first-order valence-electron chi connectivity index (χ1n) is 6.48. The molecule has 90 valence electrons. The molecule has 0 spiro atoms. The van der Waals surface area contributed by atoms with Gasteiger partial charge in [-0.1, -0.05) is 6.92 Å². The van der Waals surface area contributed by atoms with Crippen LogP contribution in [0.1, 0.15) is 39.0 Å². The fourth-order valence-electron chi connectivity index (χ4n) is 3.30. The molecule has 0 aromatic carbocycles. The maximum atomic E-state index is 11.8. The Balaban J connectivity index is 2.05. The topological polar surface area (TPSA) is 37.4 Å². The molecular weight excluding hydrogens is 202 g/mol. The molecule has 1 saturated heterocycles. The van der Waals surface area contributed by atoms with Gasteiger partial charge in [0.05, 0.1) is 5.92 Å². The number of piperidine rings is 1. The number of carbonyl (C=O) groups excluding carboxylic acids is 2. The quantitative estimate of drug-likeness (QED) is 0.539.